The number of aromatic nitrogens is 5. The van der Waals surface area contributed by atoms with Gasteiger partial charge >= 0.3 is 0 Å². The van der Waals surface area contributed by atoms with Crippen LogP contribution in [0.2, 0.25) is 0 Å². The molecule has 6 heterocycles. The third kappa shape index (κ3) is 5.53. The minimum atomic E-state index is -0.299. The molecule has 6 rings (SSSR count). The van der Waals surface area contributed by atoms with Crippen LogP contribution in [0.15, 0.2) is 49.1 Å². The van der Waals surface area contributed by atoms with Gasteiger partial charge in [-0.3, -0.25) is 9.67 Å². The molecule has 4 aromatic rings. The fourth-order valence-electron chi connectivity index (χ4n) is 7.14. The Morgan fingerprint density at radius 1 is 1.05 bits per heavy atom. The molecule has 0 aromatic carbocycles. The van der Waals surface area contributed by atoms with Crippen LogP contribution in [0, 0.1) is 18.3 Å². The van der Waals surface area contributed by atoms with Gasteiger partial charge in [0.15, 0.2) is 0 Å². The highest BCUT2D eigenvalue weighted by Crippen LogP contribution is 2.39. The molecule has 42 heavy (non-hydrogen) atoms. The van der Waals surface area contributed by atoms with E-state index in [-0.39, 0.29) is 17.3 Å². The van der Waals surface area contributed by atoms with Gasteiger partial charge in [-0.1, -0.05) is 6.07 Å². The van der Waals surface area contributed by atoms with E-state index >= 15 is 0 Å². The SMILES string of the molecule is Cc1c(-c2cc(O[C@H](C)c3ccccn3)c3c(C#N)cnn3c2)cnn1C1CCN(C2CC(C)(C)OC(C)(C)C2)CC1. The van der Waals surface area contributed by atoms with Gasteiger partial charge in [-0.05, 0) is 85.4 Å². The molecule has 0 N–H and O–H groups in total. The number of fused-ring (bicyclic) bond motifs is 1. The highest BCUT2D eigenvalue weighted by Gasteiger charge is 2.42. The van der Waals surface area contributed by atoms with Crippen LogP contribution in [0.3, 0.4) is 0 Å². The van der Waals surface area contributed by atoms with Crippen molar-refractivity contribution in [1.29, 1.82) is 5.26 Å². The molecule has 0 amide bonds. The number of hydrogen-bond donors (Lipinski definition) is 0. The molecule has 2 aliphatic heterocycles. The summed E-state index contributed by atoms with van der Waals surface area (Å²) < 4.78 is 16.7. The molecule has 2 aliphatic rings. The molecule has 0 unspecified atom stereocenters. The first kappa shape index (κ1) is 28.4. The van der Waals surface area contributed by atoms with Gasteiger partial charge in [-0.2, -0.15) is 15.5 Å². The lowest BCUT2D eigenvalue weighted by Crippen LogP contribution is -2.54. The Morgan fingerprint density at radius 3 is 2.45 bits per heavy atom. The average molecular weight is 568 g/mol. The first-order valence-electron chi connectivity index (χ1n) is 15.0. The van der Waals surface area contributed by atoms with E-state index in [1.165, 1.54) is 0 Å². The molecule has 2 saturated heterocycles. The summed E-state index contributed by atoms with van der Waals surface area (Å²) in [6.07, 6.45) is 11.2. The second kappa shape index (κ2) is 10.8. The number of pyridine rings is 2. The van der Waals surface area contributed by atoms with Crippen molar-refractivity contribution in [3.05, 3.63) is 66.0 Å². The first-order valence-corrected chi connectivity index (χ1v) is 15.0. The zero-order valence-corrected chi connectivity index (χ0v) is 25.5. The lowest BCUT2D eigenvalue weighted by molar-refractivity contribution is -0.178. The fourth-order valence-corrected chi connectivity index (χ4v) is 7.14. The summed E-state index contributed by atoms with van der Waals surface area (Å²) in [6.45, 7) is 15.1. The maximum Gasteiger partial charge on any atom is 0.148 e. The smallest absolute Gasteiger partial charge is 0.148 e. The summed E-state index contributed by atoms with van der Waals surface area (Å²) in [6, 6.07) is 10.9. The zero-order chi connectivity index (χ0) is 29.6. The molecular weight excluding hydrogens is 526 g/mol. The minimum Gasteiger partial charge on any atom is -0.482 e. The number of piperidine rings is 1. The van der Waals surface area contributed by atoms with Crippen molar-refractivity contribution in [3.63, 3.8) is 0 Å². The summed E-state index contributed by atoms with van der Waals surface area (Å²) in [5, 5.41) is 19.1. The summed E-state index contributed by atoms with van der Waals surface area (Å²) in [4.78, 5) is 7.12. The predicted octanol–water partition coefficient (Wildman–Crippen LogP) is 6.29. The zero-order valence-electron chi connectivity index (χ0n) is 25.5. The molecule has 0 saturated carbocycles. The fraction of sp³-hybridized carbons (Fsp3) is 0.515. The third-order valence-corrected chi connectivity index (χ3v) is 8.83. The van der Waals surface area contributed by atoms with Gasteiger partial charge in [0.25, 0.3) is 0 Å². The van der Waals surface area contributed by atoms with E-state index in [2.05, 4.69) is 60.4 Å². The molecule has 0 aliphatic carbocycles. The summed E-state index contributed by atoms with van der Waals surface area (Å²) in [7, 11) is 0. The maximum absolute atomic E-state index is 9.74. The van der Waals surface area contributed by atoms with Crippen LogP contribution in [-0.4, -0.2) is 59.6 Å². The van der Waals surface area contributed by atoms with Gasteiger partial charge in [0.1, 0.15) is 29.0 Å². The van der Waals surface area contributed by atoms with Gasteiger partial charge in [0.2, 0.25) is 0 Å². The third-order valence-electron chi connectivity index (χ3n) is 8.83. The van der Waals surface area contributed by atoms with Crippen molar-refractivity contribution in [2.75, 3.05) is 13.1 Å². The number of nitrogens with zero attached hydrogens (tertiary/aromatic N) is 7. The van der Waals surface area contributed by atoms with Crippen molar-refractivity contribution >= 4 is 5.52 Å². The number of hydrogen-bond acceptors (Lipinski definition) is 7. The summed E-state index contributed by atoms with van der Waals surface area (Å²) in [5.74, 6) is 0.600. The van der Waals surface area contributed by atoms with Gasteiger partial charge < -0.3 is 14.4 Å². The molecule has 1 atom stereocenters. The van der Waals surface area contributed by atoms with Gasteiger partial charge in [0.05, 0.1) is 35.3 Å². The van der Waals surface area contributed by atoms with E-state index in [1.54, 1.807) is 16.9 Å². The lowest BCUT2D eigenvalue weighted by Gasteiger charge is -2.50. The van der Waals surface area contributed by atoms with E-state index in [4.69, 9.17) is 14.6 Å². The van der Waals surface area contributed by atoms with E-state index < -0.39 is 0 Å². The molecule has 9 nitrogen and oxygen atoms in total. The Morgan fingerprint density at radius 2 is 1.79 bits per heavy atom. The second-order valence-corrected chi connectivity index (χ2v) is 13.1. The average Bonchev–Trinajstić information content (AvgIpc) is 3.55. The molecule has 9 heteroatoms. The Balaban J connectivity index is 1.23. The molecular formula is C33H41N7O2. The van der Waals surface area contributed by atoms with Gasteiger partial charge in [-0.25, -0.2) is 4.52 Å². The number of ether oxygens (including phenoxy) is 2. The van der Waals surface area contributed by atoms with Crippen molar-refractivity contribution in [2.45, 2.75) is 96.6 Å². The van der Waals surface area contributed by atoms with Crippen LogP contribution in [0.4, 0.5) is 0 Å². The molecule has 220 valence electrons. The number of rotatable bonds is 6. The molecule has 0 spiro atoms. The standard InChI is InChI=1S/C33H41N7O2/c1-22-28(20-37-40(22)26-10-13-38(14-11-26)27-16-32(3,4)42-33(5,6)17-27)24-15-30(31-25(18-34)19-36-39(31)21-24)41-23(2)29-9-7-8-12-35-29/h7-9,12,15,19-21,23,26-27H,10-11,13-14,16-17H2,1-6H3/t23-/m1/s1. The number of nitriles is 1. The topological polar surface area (TPSA) is 93.5 Å². The van der Waals surface area contributed by atoms with Crippen LogP contribution < -0.4 is 4.74 Å². The van der Waals surface area contributed by atoms with Crippen molar-refractivity contribution < 1.29 is 9.47 Å². The number of likely N-dealkylation sites (tertiary alicyclic amines) is 1. The molecule has 2 fully saturated rings. The maximum atomic E-state index is 9.74. The van der Waals surface area contributed by atoms with E-state index in [0.717, 1.165) is 61.3 Å². The van der Waals surface area contributed by atoms with E-state index in [9.17, 15) is 5.26 Å². The Hall–Kier alpha value is -3.74. The van der Waals surface area contributed by atoms with Crippen molar-refractivity contribution in [3.8, 4) is 22.9 Å². The largest absolute Gasteiger partial charge is 0.482 e. The van der Waals surface area contributed by atoms with E-state index in [0.29, 0.717) is 28.9 Å². The van der Waals surface area contributed by atoms with Gasteiger partial charge in [-0.15, -0.1) is 0 Å². The van der Waals surface area contributed by atoms with Gasteiger partial charge in [0, 0.05) is 48.3 Å². The normalized spacial score (nSPS) is 20.4. The van der Waals surface area contributed by atoms with E-state index in [1.807, 2.05) is 43.6 Å². The summed E-state index contributed by atoms with van der Waals surface area (Å²) >= 11 is 0. The highest BCUT2D eigenvalue weighted by atomic mass is 16.5. The van der Waals surface area contributed by atoms with Crippen LogP contribution in [-0.2, 0) is 4.74 Å². The first-order chi connectivity index (χ1) is 20.0. The molecule has 0 bridgehead atoms. The predicted molar refractivity (Wildman–Crippen MR) is 161 cm³/mol. The van der Waals surface area contributed by atoms with Crippen LogP contribution >= 0.6 is 0 Å². The summed E-state index contributed by atoms with van der Waals surface area (Å²) in [5.41, 5.74) is 4.86. The van der Waals surface area contributed by atoms with Crippen LogP contribution in [0.1, 0.15) is 89.4 Å². The second-order valence-electron chi connectivity index (χ2n) is 13.1. The van der Waals surface area contributed by atoms with Crippen LogP contribution in [0.5, 0.6) is 5.75 Å². The monoisotopic (exact) mass is 567 g/mol. The van der Waals surface area contributed by atoms with Crippen molar-refractivity contribution in [1.82, 2.24) is 29.3 Å². The van der Waals surface area contributed by atoms with Crippen LogP contribution in [0.25, 0.3) is 16.6 Å². The minimum absolute atomic E-state index is 0.0988. The van der Waals surface area contributed by atoms with Crippen molar-refractivity contribution in [2.24, 2.45) is 0 Å². The quantitative estimate of drug-likeness (QED) is 0.270. The molecule has 4 aromatic heterocycles. The lowest BCUT2D eigenvalue weighted by atomic mass is 9.83. The Bertz CT molecular complexity index is 1590. The Labute approximate surface area is 248 Å². The highest BCUT2D eigenvalue weighted by molar-refractivity contribution is 5.76. The Kier molecular flexibility index (Phi) is 7.32. The molecule has 0 radical (unpaired) electrons.